The summed E-state index contributed by atoms with van der Waals surface area (Å²) in [4.78, 5) is 23.4. The molecule has 0 unspecified atom stereocenters. The van der Waals surface area contributed by atoms with Crippen molar-refractivity contribution in [1.82, 2.24) is 19.4 Å². The van der Waals surface area contributed by atoms with E-state index in [1.54, 1.807) is 0 Å². The van der Waals surface area contributed by atoms with Gasteiger partial charge in [-0.2, -0.15) is 0 Å². The van der Waals surface area contributed by atoms with E-state index in [9.17, 15) is 4.79 Å². The van der Waals surface area contributed by atoms with Gasteiger partial charge in [0.2, 0.25) is 11.9 Å². The average Bonchev–Trinajstić information content (AvgIpc) is 3.34. The predicted molar refractivity (Wildman–Crippen MR) is 103 cm³/mol. The summed E-state index contributed by atoms with van der Waals surface area (Å²) in [7, 11) is 0. The van der Waals surface area contributed by atoms with Gasteiger partial charge in [0.1, 0.15) is 0 Å². The van der Waals surface area contributed by atoms with Gasteiger partial charge < -0.3 is 9.80 Å². The van der Waals surface area contributed by atoms with E-state index in [0.29, 0.717) is 11.6 Å². The van der Waals surface area contributed by atoms with Crippen LogP contribution in [-0.4, -0.2) is 71.1 Å². The summed E-state index contributed by atoms with van der Waals surface area (Å²) in [5.41, 5.74) is 1.01. The second-order valence-corrected chi connectivity index (χ2v) is 7.36. The molecule has 138 valence electrons. The monoisotopic (exact) mass is 373 g/mol. The number of imidazole rings is 1. The van der Waals surface area contributed by atoms with Gasteiger partial charge in [0, 0.05) is 62.4 Å². The minimum atomic E-state index is 0.274. The van der Waals surface area contributed by atoms with Crippen LogP contribution in [0.4, 0.5) is 5.95 Å². The molecule has 2 aromatic rings. The van der Waals surface area contributed by atoms with Gasteiger partial charge in [0.05, 0.1) is 6.54 Å². The highest BCUT2D eigenvalue weighted by atomic mass is 35.5. The Morgan fingerprint density at radius 1 is 1.08 bits per heavy atom. The summed E-state index contributed by atoms with van der Waals surface area (Å²) in [5.74, 6) is 1.20. The van der Waals surface area contributed by atoms with Gasteiger partial charge in [-0.15, -0.1) is 0 Å². The first-order valence-corrected chi connectivity index (χ1v) is 9.63. The van der Waals surface area contributed by atoms with E-state index in [1.807, 2.05) is 41.6 Å². The highest BCUT2D eigenvalue weighted by Crippen LogP contribution is 2.22. The largest absolute Gasteiger partial charge is 0.342 e. The molecular formula is C19H24ClN5O. The molecule has 4 rings (SSSR count). The summed E-state index contributed by atoms with van der Waals surface area (Å²) in [6, 6.07) is 7.79. The zero-order valence-corrected chi connectivity index (χ0v) is 15.6. The number of halogens is 1. The lowest BCUT2D eigenvalue weighted by atomic mass is 10.3. The lowest BCUT2D eigenvalue weighted by Gasteiger charge is -2.35. The average molecular weight is 374 g/mol. The van der Waals surface area contributed by atoms with Crippen LogP contribution in [0.15, 0.2) is 36.7 Å². The van der Waals surface area contributed by atoms with Crippen molar-refractivity contribution in [2.75, 3.05) is 50.7 Å². The number of anilines is 1. The third kappa shape index (κ3) is 3.71. The first-order valence-electron chi connectivity index (χ1n) is 9.25. The van der Waals surface area contributed by atoms with E-state index >= 15 is 0 Å². The van der Waals surface area contributed by atoms with Gasteiger partial charge >= 0.3 is 0 Å². The van der Waals surface area contributed by atoms with Crippen molar-refractivity contribution in [1.29, 1.82) is 0 Å². The highest BCUT2D eigenvalue weighted by Gasteiger charge is 2.25. The molecule has 7 heteroatoms. The number of nitrogens with zero attached hydrogens (tertiary/aromatic N) is 5. The Labute approximate surface area is 159 Å². The van der Waals surface area contributed by atoms with Crippen LogP contribution in [0, 0.1) is 0 Å². The number of hydrogen-bond donors (Lipinski definition) is 0. The van der Waals surface area contributed by atoms with Crippen molar-refractivity contribution in [3.8, 4) is 5.69 Å². The predicted octanol–water partition coefficient (Wildman–Crippen LogP) is 2.27. The number of likely N-dealkylation sites (tertiary alicyclic amines) is 1. The molecule has 1 aromatic heterocycles. The van der Waals surface area contributed by atoms with E-state index in [0.717, 1.165) is 63.7 Å². The molecule has 3 heterocycles. The number of piperazine rings is 1. The smallest absolute Gasteiger partial charge is 0.236 e. The van der Waals surface area contributed by atoms with Crippen LogP contribution in [0.3, 0.4) is 0 Å². The molecule has 26 heavy (non-hydrogen) atoms. The van der Waals surface area contributed by atoms with Crippen LogP contribution in [0.1, 0.15) is 12.8 Å². The molecule has 1 aromatic carbocycles. The maximum atomic E-state index is 12.3. The Morgan fingerprint density at radius 2 is 1.85 bits per heavy atom. The number of carbonyl (C=O) groups excluding carboxylic acids is 1. The first-order chi connectivity index (χ1) is 12.7. The highest BCUT2D eigenvalue weighted by molar-refractivity contribution is 6.30. The number of aromatic nitrogens is 2. The zero-order valence-electron chi connectivity index (χ0n) is 14.9. The molecule has 2 fully saturated rings. The molecule has 6 nitrogen and oxygen atoms in total. The van der Waals surface area contributed by atoms with Crippen molar-refractivity contribution < 1.29 is 4.79 Å². The Bertz CT molecular complexity index is 763. The number of hydrogen-bond acceptors (Lipinski definition) is 4. The van der Waals surface area contributed by atoms with Crippen molar-refractivity contribution in [2.24, 2.45) is 0 Å². The Hall–Kier alpha value is -2.05. The molecule has 0 aliphatic carbocycles. The molecule has 0 atom stereocenters. The zero-order chi connectivity index (χ0) is 17.9. The molecule has 0 N–H and O–H groups in total. The first kappa shape index (κ1) is 17.4. The fourth-order valence-electron chi connectivity index (χ4n) is 3.72. The van der Waals surface area contributed by atoms with Crippen molar-refractivity contribution in [3.05, 3.63) is 41.7 Å². The summed E-state index contributed by atoms with van der Waals surface area (Å²) >= 11 is 6.13. The van der Waals surface area contributed by atoms with E-state index in [2.05, 4.69) is 19.4 Å². The van der Waals surface area contributed by atoms with Crippen LogP contribution in [0.5, 0.6) is 0 Å². The maximum absolute atomic E-state index is 12.3. The summed E-state index contributed by atoms with van der Waals surface area (Å²) in [6.07, 6.45) is 6.07. The van der Waals surface area contributed by atoms with E-state index in [1.165, 1.54) is 0 Å². The van der Waals surface area contributed by atoms with Gasteiger partial charge in [-0.25, -0.2) is 4.98 Å². The maximum Gasteiger partial charge on any atom is 0.236 e. The van der Waals surface area contributed by atoms with E-state index in [-0.39, 0.29) is 5.91 Å². The molecule has 0 bridgehead atoms. The Kier molecular flexibility index (Phi) is 5.13. The van der Waals surface area contributed by atoms with Crippen LogP contribution in [-0.2, 0) is 4.79 Å². The number of rotatable bonds is 4. The molecule has 1 amide bonds. The van der Waals surface area contributed by atoms with Crippen molar-refractivity contribution >= 4 is 23.5 Å². The number of amides is 1. The minimum Gasteiger partial charge on any atom is -0.342 e. The second-order valence-electron chi connectivity index (χ2n) is 6.93. The fraction of sp³-hybridized carbons (Fsp3) is 0.474. The summed E-state index contributed by atoms with van der Waals surface area (Å²) in [6.45, 7) is 5.88. The summed E-state index contributed by atoms with van der Waals surface area (Å²) < 4.78 is 2.07. The minimum absolute atomic E-state index is 0.274. The molecule has 0 radical (unpaired) electrons. The normalized spacial score (nSPS) is 18.5. The SMILES string of the molecule is O=C(CN1CCN(c2nccn2-c2cccc(Cl)c2)CC1)N1CCCC1. The fourth-order valence-corrected chi connectivity index (χ4v) is 3.91. The van der Waals surface area contributed by atoms with Gasteiger partial charge in [-0.05, 0) is 31.0 Å². The molecule has 2 aliphatic rings. The molecular weight excluding hydrogens is 350 g/mol. The Balaban J connectivity index is 1.38. The van der Waals surface area contributed by atoms with Crippen LogP contribution in [0.2, 0.25) is 5.02 Å². The topological polar surface area (TPSA) is 44.6 Å². The van der Waals surface area contributed by atoms with Crippen molar-refractivity contribution in [2.45, 2.75) is 12.8 Å². The van der Waals surface area contributed by atoms with Crippen LogP contribution < -0.4 is 4.90 Å². The third-order valence-corrected chi connectivity index (χ3v) is 5.42. The van der Waals surface area contributed by atoms with E-state index in [4.69, 9.17) is 11.6 Å². The molecule has 2 aliphatic heterocycles. The number of benzene rings is 1. The van der Waals surface area contributed by atoms with Gasteiger partial charge in [0.25, 0.3) is 0 Å². The van der Waals surface area contributed by atoms with E-state index < -0.39 is 0 Å². The van der Waals surface area contributed by atoms with Gasteiger partial charge in [0.15, 0.2) is 0 Å². The van der Waals surface area contributed by atoms with Crippen molar-refractivity contribution in [3.63, 3.8) is 0 Å². The van der Waals surface area contributed by atoms with Gasteiger partial charge in [-0.1, -0.05) is 17.7 Å². The lowest BCUT2D eigenvalue weighted by Crippen LogP contribution is -2.50. The molecule has 2 saturated heterocycles. The second kappa shape index (κ2) is 7.68. The summed E-state index contributed by atoms with van der Waals surface area (Å²) in [5, 5.41) is 0.715. The molecule has 0 spiro atoms. The number of carbonyl (C=O) groups is 1. The standard InChI is InChI=1S/C19H24ClN5O/c20-16-4-3-5-17(14-16)25-9-6-21-19(25)24-12-10-22(11-13-24)15-18(26)23-7-1-2-8-23/h3-6,9,14H,1-2,7-8,10-13,15H2. The Morgan fingerprint density at radius 3 is 2.58 bits per heavy atom. The quantitative estimate of drug-likeness (QED) is 0.824. The third-order valence-electron chi connectivity index (χ3n) is 5.18. The van der Waals surface area contributed by atoms with Crippen LogP contribution >= 0.6 is 11.6 Å². The van der Waals surface area contributed by atoms with Crippen LogP contribution in [0.25, 0.3) is 5.69 Å². The lowest BCUT2D eigenvalue weighted by molar-refractivity contribution is -0.131. The molecule has 0 saturated carbocycles. The van der Waals surface area contributed by atoms with Gasteiger partial charge in [-0.3, -0.25) is 14.3 Å².